The van der Waals surface area contributed by atoms with E-state index in [1.165, 1.54) is 19.2 Å². The molecule has 7 heteroatoms. The van der Waals surface area contributed by atoms with Gasteiger partial charge in [0.1, 0.15) is 12.1 Å². The number of aromatic nitrogens is 4. The lowest BCUT2D eigenvalue weighted by Gasteiger charge is -2.21. The zero-order valence-corrected chi connectivity index (χ0v) is 12.7. The summed E-state index contributed by atoms with van der Waals surface area (Å²) in [5.74, 6) is 0.630. The second-order valence-electron chi connectivity index (χ2n) is 5.82. The summed E-state index contributed by atoms with van der Waals surface area (Å²) >= 11 is 0. The number of rotatable bonds is 5. The molecule has 1 fully saturated rings. The molecular weight excluding hydrogens is 292 g/mol. The molecule has 3 rings (SSSR count). The van der Waals surface area contributed by atoms with Crippen LogP contribution in [0.2, 0.25) is 0 Å². The van der Waals surface area contributed by atoms with E-state index in [1.807, 2.05) is 10.9 Å². The van der Waals surface area contributed by atoms with Gasteiger partial charge in [0.05, 0.1) is 36.0 Å². The standard InChI is InChI=1S/C16H18N6O/c17-6-5-14(11-3-1-2-4-11)22-8-12(7-21-22)15-13(9-23)16(18)20-10-19-15/h7-11,14H,1-5H2,(H2,18,19,20)/t14-/m1/s1. The Morgan fingerprint density at radius 2 is 2.22 bits per heavy atom. The largest absolute Gasteiger partial charge is 0.383 e. The Balaban J connectivity index is 1.95. The van der Waals surface area contributed by atoms with Crippen molar-refractivity contribution in [1.29, 1.82) is 5.26 Å². The third kappa shape index (κ3) is 2.93. The second kappa shape index (κ2) is 6.57. The van der Waals surface area contributed by atoms with E-state index < -0.39 is 0 Å². The monoisotopic (exact) mass is 310 g/mol. The fourth-order valence-corrected chi connectivity index (χ4v) is 3.31. The van der Waals surface area contributed by atoms with Gasteiger partial charge in [0.25, 0.3) is 0 Å². The van der Waals surface area contributed by atoms with Crippen LogP contribution in [0.15, 0.2) is 18.7 Å². The van der Waals surface area contributed by atoms with Crippen LogP contribution in [0.5, 0.6) is 0 Å². The van der Waals surface area contributed by atoms with Gasteiger partial charge in [-0.05, 0) is 18.8 Å². The molecule has 1 aliphatic carbocycles. The molecule has 0 aromatic carbocycles. The van der Waals surface area contributed by atoms with Gasteiger partial charge in [0.2, 0.25) is 0 Å². The van der Waals surface area contributed by atoms with E-state index in [1.54, 1.807) is 6.20 Å². The van der Waals surface area contributed by atoms with E-state index in [2.05, 4.69) is 21.1 Å². The molecule has 0 radical (unpaired) electrons. The van der Waals surface area contributed by atoms with Gasteiger partial charge in [-0.3, -0.25) is 9.48 Å². The number of nitriles is 1. The van der Waals surface area contributed by atoms with Crippen molar-refractivity contribution in [3.05, 3.63) is 24.3 Å². The molecule has 7 nitrogen and oxygen atoms in total. The molecule has 2 aromatic heterocycles. The van der Waals surface area contributed by atoms with Gasteiger partial charge < -0.3 is 5.73 Å². The van der Waals surface area contributed by atoms with Crippen molar-refractivity contribution >= 4 is 12.1 Å². The van der Waals surface area contributed by atoms with Crippen molar-refractivity contribution in [2.45, 2.75) is 38.1 Å². The number of nitrogens with zero attached hydrogens (tertiary/aromatic N) is 5. The molecule has 0 amide bonds. The zero-order chi connectivity index (χ0) is 16.2. The predicted octanol–water partition coefficient (Wildman–Crippen LogP) is 2.38. The highest BCUT2D eigenvalue weighted by Gasteiger charge is 2.27. The van der Waals surface area contributed by atoms with Crippen LogP contribution in [0.1, 0.15) is 48.5 Å². The average molecular weight is 310 g/mol. The number of hydrogen-bond donors (Lipinski definition) is 1. The maximum Gasteiger partial charge on any atom is 0.155 e. The lowest BCUT2D eigenvalue weighted by Crippen LogP contribution is -2.17. The Bertz CT molecular complexity index is 741. The predicted molar refractivity (Wildman–Crippen MR) is 84.3 cm³/mol. The van der Waals surface area contributed by atoms with Crippen LogP contribution in [0.25, 0.3) is 11.3 Å². The van der Waals surface area contributed by atoms with Gasteiger partial charge in [-0.25, -0.2) is 9.97 Å². The van der Waals surface area contributed by atoms with Crippen molar-refractivity contribution in [3.8, 4) is 17.3 Å². The van der Waals surface area contributed by atoms with Crippen molar-refractivity contribution in [1.82, 2.24) is 19.7 Å². The molecule has 0 saturated heterocycles. The molecule has 118 valence electrons. The Kier molecular flexibility index (Phi) is 4.33. The van der Waals surface area contributed by atoms with Crippen LogP contribution >= 0.6 is 0 Å². The highest BCUT2D eigenvalue weighted by atomic mass is 16.1. The van der Waals surface area contributed by atoms with Crippen molar-refractivity contribution in [3.63, 3.8) is 0 Å². The maximum atomic E-state index is 11.2. The minimum absolute atomic E-state index is 0.0649. The summed E-state index contributed by atoms with van der Waals surface area (Å²) < 4.78 is 1.83. The number of carbonyl (C=O) groups excluding carboxylic acids is 1. The first-order valence-electron chi connectivity index (χ1n) is 7.71. The van der Waals surface area contributed by atoms with E-state index >= 15 is 0 Å². The Morgan fingerprint density at radius 1 is 1.43 bits per heavy atom. The van der Waals surface area contributed by atoms with E-state index in [9.17, 15) is 4.79 Å². The number of anilines is 1. The lowest BCUT2D eigenvalue weighted by atomic mass is 9.96. The molecule has 23 heavy (non-hydrogen) atoms. The summed E-state index contributed by atoms with van der Waals surface area (Å²) in [7, 11) is 0. The van der Waals surface area contributed by atoms with Crippen LogP contribution in [0.4, 0.5) is 5.82 Å². The molecule has 2 aromatic rings. The molecule has 0 unspecified atom stereocenters. The SMILES string of the molecule is N#CC[C@H](C1CCCC1)n1cc(-c2ncnc(N)c2C=O)cn1. The zero-order valence-electron chi connectivity index (χ0n) is 12.7. The fourth-order valence-electron chi connectivity index (χ4n) is 3.31. The van der Waals surface area contributed by atoms with Crippen molar-refractivity contribution < 1.29 is 4.79 Å². The van der Waals surface area contributed by atoms with Crippen molar-refractivity contribution in [2.24, 2.45) is 5.92 Å². The molecule has 0 bridgehead atoms. The lowest BCUT2D eigenvalue weighted by molar-refractivity contribution is 0.112. The summed E-state index contributed by atoms with van der Waals surface area (Å²) in [6.07, 6.45) is 10.6. The Hall–Kier alpha value is -2.75. The summed E-state index contributed by atoms with van der Waals surface area (Å²) in [5.41, 5.74) is 7.18. The van der Waals surface area contributed by atoms with Crippen LogP contribution in [-0.2, 0) is 0 Å². The maximum absolute atomic E-state index is 11.2. The number of hydrogen-bond acceptors (Lipinski definition) is 6. The molecule has 2 heterocycles. The normalized spacial score (nSPS) is 16.1. The minimum Gasteiger partial charge on any atom is -0.383 e. The summed E-state index contributed by atoms with van der Waals surface area (Å²) in [5, 5.41) is 13.5. The van der Waals surface area contributed by atoms with Crippen LogP contribution in [0, 0.1) is 17.2 Å². The Morgan fingerprint density at radius 3 is 2.91 bits per heavy atom. The van der Waals surface area contributed by atoms with Crippen molar-refractivity contribution in [2.75, 3.05) is 5.73 Å². The third-order valence-corrected chi connectivity index (χ3v) is 4.49. The quantitative estimate of drug-likeness (QED) is 0.849. The van der Waals surface area contributed by atoms with Gasteiger partial charge in [-0.15, -0.1) is 0 Å². The molecule has 1 aliphatic rings. The van der Waals surface area contributed by atoms with Crippen LogP contribution in [0.3, 0.4) is 0 Å². The van der Waals surface area contributed by atoms with Crippen LogP contribution < -0.4 is 5.73 Å². The molecule has 0 aliphatic heterocycles. The third-order valence-electron chi connectivity index (χ3n) is 4.49. The first-order valence-corrected chi connectivity index (χ1v) is 7.71. The molecule has 1 atom stereocenters. The summed E-state index contributed by atoms with van der Waals surface area (Å²) in [4.78, 5) is 19.2. The average Bonchev–Trinajstić information content (AvgIpc) is 3.24. The van der Waals surface area contributed by atoms with E-state index in [0.29, 0.717) is 29.9 Å². The highest BCUT2D eigenvalue weighted by Crippen LogP contribution is 2.36. The van der Waals surface area contributed by atoms with E-state index in [-0.39, 0.29) is 17.4 Å². The number of nitrogens with two attached hydrogens (primary N) is 1. The van der Waals surface area contributed by atoms with Gasteiger partial charge in [-0.1, -0.05) is 12.8 Å². The number of carbonyl (C=O) groups is 1. The van der Waals surface area contributed by atoms with Gasteiger partial charge in [0, 0.05) is 11.8 Å². The van der Waals surface area contributed by atoms with E-state index in [4.69, 9.17) is 11.0 Å². The first kappa shape index (κ1) is 15.2. The smallest absolute Gasteiger partial charge is 0.155 e. The number of aldehydes is 1. The minimum atomic E-state index is 0.0649. The molecule has 2 N–H and O–H groups in total. The highest BCUT2D eigenvalue weighted by molar-refractivity contribution is 5.90. The Labute approximate surface area is 134 Å². The van der Waals surface area contributed by atoms with E-state index in [0.717, 1.165) is 12.8 Å². The molecular formula is C16H18N6O. The van der Waals surface area contributed by atoms with Gasteiger partial charge in [0.15, 0.2) is 6.29 Å². The summed E-state index contributed by atoms with van der Waals surface area (Å²) in [6.45, 7) is 0. The summed E-state index contributed by atoms with van der Waals surface area (Å²) in [6, 6.07) is 2.33. The van der Waals surface area contributed by atoms with Gasteiger partial charge in [-0.2, -0.15) is 10.4 Å². The number of nitrogen functional groups attached to an aromatic ring is 1. The molecule has 1 saturated carbocycles. The topological polar surface area (TPSA) is 110 Å². The first-order chi connectivity index (χ1) is 11.2. The second-order valence-corrected chi connectivity index (χ2v) is 5.82. The fraction of sp³-hybridized carbons (Fsp3) is 0.438. The van der Waals surface area contributed by atoms with Crippen LogP contribution in [-0.4, -0.2) is 26.0 Å². The molecule has 0 spiro atoms. The van der Waals surface area contributed by atoms with Gasteiger partial charge >= 0.3 is 0 Å².